The summed E-state index contributed by atoms with van der Waals surface area (Å²) in [5.74, 6) is 0.759. The molecule has 0 bridgehead atoms. The molecule has 112 valence electrons. The number of hydrogen-bond donors (Lipinski definition) is 1. The minimum absolute atomic E-state index is 0.0975. The summed E-state index contributed by atoms with van der Waals surface area (Å²) in [6, 6.07) is 10.7. The largest absolute Gasteiger partial charge is 0.330 e. The van der Waals surface area contributed by atoms with Gasteiger partial charge >= 0.3 is 0 Å². The number of hydrogen-bond acceptors (Lipinski definition) is 2. The molecule has 1 fully saturated rings. The van der Waals surface area contributed by atoms with Crippen molar-refractivity contribution in [1.29, 1.82) is 0 Å². The van der Waals surface area contributed by atoms with Gasteiger partial charge < -0.3 is 10.3 Å². The highest BCUT2D eigenvalue weighted by Gasteiger charge is 2.24. The number of aromatic nitrogens is 2. The van der Waals surface area contributed by atoms with E-state index in [2.05, 4.69) is 28.6 Å². The quantitative estimate of drug-likeness (QED) is 0.919. The third-order valence-electron chi connectivity index (χ3n) is 4.94. The Morgan fingerprint density at radius 3 is 2.57 bits per heavy atom. The average molecular weight is 283 g/mol. The van der Waals surface area contributed by atoms with Crippen LogP contribution in [0.3, 0.4) is 0 Å². The smallest absolute Gasteiger partial charge is 0.0951 e. The lowest BCUT2D eigenvalue weighted by atomic mass is 9.84. The van der Waals surface area contributed by atoms with Gasteiger partial charge in [0.2, 0.25) is 0 Å². The van der Waals surface area contributed by atoms with Gasteiger partial charge in [-0.1, -0.05) is 49.6 Å². The number of rotatable bonds is 4. The van der Waals surface area contributed by atoms with Gasteiger partial charge in [0.15, 0.2) is 0 Å². The molecule has 1 heterocycles. The van der Waals surface area contributed by atoms with Gasteiger partial charge in [0.05, 0.1) is 24.3 Å². The number of nitrogens with two attached hydrogens (primary N) is 1. The summed E-state index contributed by atoms with van der Waals surface area (Å²) in [4.78, 5) is 4.37. The van der Waals surface area contributed by atoms with Crippen LogP contribution in [0.2, 0.25) is 0 Å². The Bertz CT molecular complexity index is 555. The molecule has 3 nitrogen and oxygen atoms in total. The first-order valence-corrected chi connectivity index (χ1v) is 8.09. The van der Waals surface area contributed by atoms with Crippen LogP contribution in [0, 0.1) is 5.92 Å². The van der Waals surface area contributed by atoms with Crippen LogP contribution in [-0.2, 0) is 0 Å². The summed E-state index contributed by atoms with van der Waals surface area (Å²) < 4.78 is 2.30. The number of imidazole rings is 1. The molecule has 2 unspecified atom stereocenters. The molecule has 3 heteroatoms. The molecule has 1 saturated carbocycles. The Morgan fingerprint density at radius 2 is 1.86 bits per heavy atom. The van der Waals surface area contributed by atoms with Crippen molar-refractivity contribution in [3.05, 3.63) is 54.1 Å². The topological polar surface area (TPSA) is 43.8 Å². The molecule has 2 aromatic rings. The molecule has 3 rings (SSSR count). The molecule has 21 heavy (non-hydrogen) atoms. The fraction of sp³-hybridized carbons (Fsp3) is 0.500. The highest BCUT2D eigenvalue weighted by atomic mass is 15.1. The third kappa shape index (κ3) is 3.03. The normalized spacial score (nSPS) is 19.3. The fourth-order valence-electron chi connectivity index (χ4n) is 3.57. The van der Waals surface area contributed by atoms with Crippen LogP contribution in [-0.4, -0.2) is 9.55 Å². The Kier molecular flexibility index (Phi) is 4.39. The molecule has 0 aliphatic heterocycles. The SMILES string of the molecule is CC(C1CCCCC1)n1cncc1C(N)c1ccccc1. The van der Waals surface area contributed by atoms with Gasteiger partial charge in [-0.15, -0.1) is 0 Å². The van der Waals surface area contributed by atoms with Gasteiger partial charge in [-0.25, -0.2) is 4.98 Å². The van der Waals surface area contributed by atoms with Crippen LogP contribution in [0.5, 0.6) is 0 Å². The summed E-state index contributed by atoms with van der Waals surface area (Å²) >= 11 is 0. The zero-order valence-corrected chi connectivity index (χ0v) is 12.8. The van der Waals surface area contributed by atoms with Crippen LogP contribution < -0.4 is 5.73 Å². The summed E-state index contributed by atoms with van der Waals surface area (Å²) in [5.41, 5.74) is 8.74. The lowest BCUT2D eigenvalue weighted by molar-refractivity contribution is 0.259. The number of nitrogens with zero attached hydrogens (tertiary/aromatic N) is 2. The first-order valence-electron chi connectivity index (χ1n) is 8.09. The minimum Gasteiger partial charge on any atom is -0.330 e. The van der Waals surface area contributed by atoms with Crippen LogP contribution in [0.15, 0.2) is 42.9 Å². The van der Waals surface area contributed by atoms with Crippen LogP contribution in [0.1, 0.15) is 62.4 Å². The summed E-state index contributed by atoms with van der Waals surface area (Å²) in [5, 5.41) is 0. The van der Waals surface area contributed by atoms with Crippen molar-refractivity contribution in [2.24, 2.45) is 11.7 Å². The molecular formula is C18H25N3. The van der Waals surface area contributed by atoms with E-state index in [4.69, 9.17) is 5.73 Å². The van der Waals surface area contributed by atoms with Crippen LogP contribution >= 0.6 is 0 Å². The predicted octanol–water partition coefficient (Wildman–Crippen LogP) is 4.07. The van der Waals surface area contributed by atoms with E-state index in [1.165, 1.54) is 32.1 Å². The zero-order chi connectivity index (χ0) is 14.7. The summed E-state index contributed by atoms with van der Waals surface area (Å²) in [7, 11) is 0. The first-order chi connectivity index (χ1) is 10.3. The predicted molar refractivity (Wildman–Crippen MR) is 86.0 cm³/mol. The Labute approximate surface area is 127 Å². The first kappa shape index (κ1) is 14.3. The van der Waals surface area contributed by atoms with E-state index in [-0.39, 0.29) is 6.04 Å². The van der Waals surface area contributed by atoms with E-state index in [1.54, 1.807) is 0 Å². The van der Waals surface area contributed by atoms with Gasteiger partial charge in [-0.2, -0.15) is 0 Å². The lowest BCUT2D eigenvalue weighted by Gasteiger charge is -2.30. The molecule has 2 atom stereocenters. The maximum atomic E-state index is 6.47. The second-order valence-electron chi connectivity index (χ2n) is 6.25. The van der Waals surface area contributed by atoms with Gasteiger partial charge in [0.25, 0.3) is 0 Å². The van der Waals surface area contributed by atoms with Crippen molar-refractivity contribution in [3.8, 4) is 0 Å². The van der Waals surface area contributed by atoms with E-state index >= 15 is 0 Å². The summed E-state index contributed by atoms with van der Waals surface area (Å²) in [6.07, 6.45) is 10.7. The Hall–Kier alpha value is -1.61. The van der Waals surface area contributed by atoms with Gasteiger partial charge in [0.1, 0.15) is 0 Å². The van der Waals surface area contributed by atoms with Crippen molar-refractivity contribution in [3.63, 3.8) is 0 Å². The van der Waals surface area contributed by atoms with Crippen LogP contribution in [0.25, 0.3) is 0 Å². The maximum Gasteiger partial charge on any atom is 0.0951 e. The minimum atomic E-state index is -0.0975. The monoisotopic (exact) mass is 283 g/mol. The second kappa shape index (κ2) is 6.44. The molecule has 1 aromatic carbocycles. The fourth-order valence-corrected chi connectivity index (χ4v) is 3.57. The molecule has 1 aromatic heterocycles. The molecule has 0 spiro atoms. The molecule has 1 aliphatic carbocycles. The summed E-state index contributed by atoms with van der Waals surface area (Å²) in [6.45, 7) is 2.32. The van der Waals surface area contributed by atoms with Crippen molar-refractivity contribution >= 4 is 0 Å². The molecule has 2 N–H and O–H groups in total. The standard InChI is InChI=1S/C18H25N3/c1-14(15-8-4-2-5-9-15)21-13-20-12-17(21)18(19)16-10-6-3-7-11-16/h3,6-7,10-15,18H,2,4-5,8-9,19H2,1H3. The Balaban J connectivity index is 1.83. The third-order valence-corrected chi connectivity index (χ3v) is 4.94. The Morgan fingerprint density at radius 1 is 1.14 bits per heavy atom. The van der Waals surface area contributed by atoms with Gasteiger partial charge in [-0.3, -0.25) is 0 Å². The molecule has 0 radical (unpaired) electrons. The maximum absolute atomic E-state index is 6.47. The van der Waals surface area contributed by atoms with Crippen molar-refractivity contribution in [2.75, 3.05) is 0 Å². The van der Waals surface area contributed by atoms with Crippen molar-refractivity contribution in [2.45, 2.75) is 51.1 Å². The van der Waals surface area contributed by atoms with Crippen molar-refractivity contribution in [1.82, 2.24) is 9.55 Å². The zero-order valence-electron chi connectivity index (χ0n) is 12.8. The van der Waals surface area contributed by atoms with Crippen LogP contribution in [0.4, 0.5) is 0 Å². The highest BCUT2D eigenvalue weighted by molar-refractivity contribution is 5.26. The van der Waals surface area contributed by atoms with E-state index in [1.807, 2.05) is 30.7 Å². The van der Waals surface area contributed by atoms with Gasteiger partial charge in [-0.05, 0) is 31.2 Å². The van der Waals surface area contributed by atoms with Crippen molar-refractivity contribution < 1.29 is 0 Å². The second-order valence-corrected chi connectivity index (χ2v) is 6.25. The van der Waals surface area contributed by atoms with E-state index < -0.39 is 0 Å². The highest BCUT2D eigenvalue weighted by Crippen LogP contribution is 2.34. The van der Waals surface area contributed by atoms with Gasteiger partial charge in [0, 0.05) is 6.04 Å². The molecule has 1 aliphatic rings. The van der Waals surface area contributed by atoms with E-state index in [0.717, 1.165) is 17.2 Å². The number of benzene rings is 1. The lowest BCUT2D eigenvalue weighted by Crippen LogP contribution is -2.23. The van der Waals surface area contributed by atoms with E-state index in [9.17, 15) is 0 Å². The molecular weight excluding hydrogens is 258 g/mol. The van der Waals surface area contributed by atoms with E-state index in [0.29, 0.717) is 6.04 Å². The molecule has 0 amide bonds. The molecule has 0 saturated heterocycles. The average Bonchev–Trinajstić information content (AvgIpc) is 3.04.